The Morgan fingerprint density at radius 3 is 2.10 bits per heavy atom. The number of carbonyl (C=O) groups excluding carboxylic acids is 2. The largest absolute Gasteiger partial charge is 0.490 e. The van der Waals surface area contributed by atoms with Crippen LogP contribution < -0.4 is 5.32 Å². The fourth-order valence-electron chi connectivity index (χ4n) is 3.18. The van der Waals surface area contributed by atoms with E-state index in [9.17, 15) is 22.8 Å². The second kappa shape index (κ2) is 9.56. The lowest BCUT2D eigenvalue weighted by Crippen LogP contribution is -2.56. The lowest BCUT2D eigenvalue weighted by molar-refractivity contribution is -0.192. The fraction of sp³-hybridized carbons (Fsp3) is 0.500. The predicted octanol–water partition coefficient (Wildman–Crippen LogP) is 1.91. The molecule has 2 aromatic rings. The molecule has 4 rings (SSSR count). The Kier molecular flexibility index (Phi) is 7.05. The number of carbonyl (C=O) groups is 3. The van der Waals surface area contributed by atoms with Crippen LogP contribution in [0.15, 0.2) is 22.8 Å². The number of hydrogen-bond acceptors (Lipinski definition) is 6. The second-order valence-corrected chi connectivity index (χ2v) is 7.95. The van der Waals surface area contributed by atoms with Crippen molar-refractivity contribution in [2.45, 2.75) is 6.18 Å². The molecule has 31 heavy (non-hydrogen) atoms. The summed E-state index contributed by atoms with van der Waals surface area (Å²) in [6.45, 7) is 5.56. The molecule has 0 atom stereocenters. The third-order valence-corrected chi connectivity index (χ3v) is 5.89. The number of urea groups is 1. The second-order valence-electron chi connectivity index (χ2n) is 6.86. The van der Waals surface area contributed by atoms with Gasteiger partial charge in [-0.05, 0) is 6.07 Å². The van der Waals surface area contributed by atoms with Gasteiger partial charge in [0.2, 0.25) is 0 Å². The van der Waals surface area contributed by atoms with Gasteiger partial charge in [-0.1, -0.05) is 0 Å². The van der Waals surface area contributed by atoms with Crippen molar-refractivity contribution < 1.29 is 37.1 Å². The number of hydrogen-bond donors (Lipinski definition) is 2. The van der Waals surface area contributed by atoms with E-state index >= 15 is 0 Å². The van der Waals surface area contributed by atoms with Crippen LogP contribution in [0.1, 0.15) is 9.67 Å². The van der Waals surface area contributed by atoms with Gasteiger partial charge in [0, 0.05) is 58.4 Å². The highest BCUT2D eigenvalue weighted by molar-refractivity contribution is 7.20. The molecule has 170 valence electrons. The van der Waals surface area contributed by atoms with E-state index in [-0.39, 0.29) is 11.9 Å². The van der Waals surface area contributed by atoms with Crippen molar-refractivity contribution >= 4 is 39.5 Å². The predicted molar refractivity (Wildman–Crippen MR) is 105 cm³/mol. The molecule has 0 saturated carbocycles. The van der Waals surface area contributed by atoms with E-state index in [2.05, 4.69) is 5.32 Å². The van der Waals surface area contributed by atoms with Crippen LogP contribution in [0.25, 0.3) is 10.3 Å². The molecule has 2 aromatic heterocycles. The summed E-state index contributed by atoms with van der Waals surface area (Å²) in [5.41, 5.74) is 0.760. The molecule has 0 unspecified atom stereocenters. The number of rotatable bonds is 1. The summed E-state index contributed by atoms with van der Waals surface area (Å²) in [5, 5.41) is 10.4. The van der Waals surface area contributed by atoms with Gasteiger partial charge in [0.15, 0.2) is 0 Å². The highest BCUT2D eigenvalue weighted by Crippen LogP contribution is 2.27. The fourth-order valence-corrected chi connectivity index (χ4v) is 4.13. The number of furan rings is 1. The molecule has 9 nitrogen and oxygen atoms in total. The number of carboxylic acids is 1. The molecule has 13 heteroatoms. The number of alkyl halides is 3. The standard InChI is InChI=1S/C16H20N4O3S.C2HF3O2/c21-15(14-11-12-13(24-14)1-10-23-12)18-6-8-20(9-7-18)16(22)19-4-2-17-3-5-19;3-2(4,5)1(6)7/h1,10-11,17H,2-9H2;(H,6,7). The third-order valence-electron chi connectivity index (χ3n) is 4.82. The zero-order chi connectivity index (χ0) is 22.6. The van der Waals surface area contributed by atoms with Crippen molar-refractivity contribution in [2.24, 2.45) is 0 Å². The number of halogens is 3. The molecule has 3 amide bonds. The van der Waals surface area contributed by atoms with Crippen LogP contribution in [0, 0.1) is 0 Å². The Morgan fingerprint density at radius 2 is 1.55 bits per heavy atom. The Bertz CT molecular complexity index is 902. The van der Waals surface area contributed by atoms with E-state index in [1.165, 1.54) is 11.3 Å². The van der Waals surface area contributed by atoms with Crippen molar-refractivity contribution in [3.8, 4) is 0 Å². The van der Waals surface area contributed by atoms with Crippen molar-refractivity contribution in [3.05, 3.63) is 23.3 Å². The Hall–Kier alpha value is -2.80. The van der Waals surface area contributed by atoms with Crippen LogP contribution in [0.2, 0.25) is 0 Å². The van der Waals surface area contributed by atoms with Gasteiger partial charge in [-0.15, -0.1) is 11.3 Å². The van der Waals surface area contributed by atoms with Gasteiger partial charge < -0.3 is 29.5 Å². The highest BCUT2D eigenvalue weighted by atomic mass is 32.1. The van der Waals surface area contributed by atoms with E-state index in [4.69, 9.17) is 14.3 Å². The van der Waals surface area contributed by atoms with E-state index in [1.54, 1.807) is 12.3 Å². The Labute approximate surface area is 179 Å². The molecule has 2 N–H and O–H groups in total. The van der Waals surface area contributed by atoms with E-state index in [0.717, 1.165) is 36.5 Å². The zero-order valence-electron chi connectivity index (χ0n) is 16.4. The molecule has 2 aliphatic heterocycles. The number of nitrogens with zero attached hydrogens (tertiary/aromatic N) is 3. The first-order valence-electron chi connectivity index (χ1n) is 9.48. The van der Waals surface area contributed by atoms with Gasteiger partial charge in [-0.3, -0.25) is 4.79 Å². The first-order valence-corrected chi connectivity index (χ1v) is 10.3. The SMILES string of the molecule is O=C(O)C(F)(F)F.O=C(c1cc2occc2s1)N1CCN(C(=O)N2CCNCC2)CC1. The lowest BCUT2D eigenvalue weighted by Gasteiger charge is -2.38. The van der Waals surface area contributed by atoms with Gasteiger partial charge in [0.25, 0.3) is 5.91 Å². The average molecular weight is 462 g/mol. The molecular weight excluding hydrogens is 441 g/mol. The van der Waals surface area contributed by atoms with Crippen LogP contribution in [0.3, 0.4) is 0 Å². The smallest absolute Gasteiger partial charge is 0.475 e. The number of amides is 3. The van der Waals surface area contributed by atoms with Gasteiger partial charge in [-0.2, -0.15) is 13.2 Å². The summed E-state index contributed by atoms with van der Waals surface area (Å²) >= 11 is 1.45. The molecule has 0 spiro atoms. The molecule has 2 aliphatic rings. The first-order chi connectivity index (χ1) is 14.7. The molecule has 0 radical (unpaired) electrons. The van der Waals surface area contributed by atoms with Crippen LogP contribution in [-0.2, 0) is 4.79 Å². The minimum absolute atomic E-state index is 0.0284. The van der Waals surface area contributed by atoms with Gasteiger partial charge >= 0.3 is 18.2 Å². The number of thiophene rings is 1. The molecule has 0 aliphatic carbocycles. The third kappa shape index (κ3) is 5.67. The van der Waals surface area contributed by atoms with Gasteiger partial charge in [0.05, 0.1) is 15.8 Å². The number of aliphatic carboxylic acids is 1. The maximum absolute atomic E-state index is 12.6. The first kappa shape index (κ1) is 22.9. The van der Waals surface area contributed by atoms with Crippen molar-refractivity contribution in [1.82, 2.24) is 20.0 Å². The summed E-state index contributed by atoms with van der Waals surface area (Å²) in [4.78, 5) is 40.3. The number of nitrogens with one attached hydrogen (secondary N) is 1. The van der Waals surface area contributed by atoms with Crippen molar-refractivity contribution in [3.63, 3.8) is 0 Å². The minimum Gasteiger partial charge on any atom is -0.475 e. The number of carboxylic acid groups (broad SMARTS) is 1. The van der Waals surface area contributed by atoms with Crippen molar-refractivity contribution in [2.75, 3.05) is 52.4 Å². The van der Waals surface area contributed by atoms with Crippen LogP contribution >= 0.6 is 11.3 Å². The Balaban J connectivity index is 0.000000339. The van der Waals surface area contributed by atoms with Crippen molar-refractivity contribution in [1.29, 1.82) is 0 Å². The van der Waals surface area contributed by atoms with Crippen LogP contribution in [-0.4, -0.2) is 96.2 Å². The summed E-state index contributed by atoms with van der Waals surface area (Å²) in [7, 11) is 0. The summed E-state index contributed by atoms with van der Waals surface area (Å²) < 4.78 is 38.1. The van der Waals surface area contributed by atoms with E-state index in [1.807, 2.05) is 20.8 Å². The molecule has 4 heterocycles. The topological polar surface area (TPSA) is 106 Å². The molecule has 2 fully saturated rings. The maximum atomic E-state index is 12.6. The van der Waals surface area contributed by atoms with Crippen LogP contribution in [0.4, 0.5) is 18.0 Å². The monoisotopic (exact) mass is 462 g/mol. The molecule has 0 aromatic carbocycles. The summed E-state index contributed by atoms with van der Waals surface area (Å²) in [6.07, 6.45) is -3.45. The Morgan fingerprint density at radius 1 is 1.00 bits per heavy atom. The van der Waals surface area contributed by atoms with E-state index in [0.29, 0.717) is 31.1 Å². The molecular formula is C18H21F3N4O5S. The summed E-state index contributed by atoms with van der Waals surface area (Å²) in [5.74, 6) is -2.73. The highest BCUT2D eigenvalue weighted by Gasteiger charge is 2.38. The lowest BCUT2D eigenvalue weighted by atomic mass is 10.3. The zero-order valence-corrected chi connectivity index (χ0v) is 17.2. The maximum Gasteiger partial charge on any atom is 0.490 e. The van der Waals surface area contributed by atoms with Gasteiger partial charge in [0.1, 0.15) is 5.58 Å². The van der Waals surface area contributed by atoms with E-state index < -0.39 is 12.1 Å². The summed E-state index contributed by atoms with van der Waals surface area (Å²) in [6, 6.07) is 3.78. The molecule has 2 saturated heterocycles. The van der Waals surface area contributed by atoms with Gasteiger partial charge in [-0.25, -0.2) is 9.59 Å². The quantitative estimate of drug-likeness (QED) is 0.671. The number of fused-ring (bicyclic) bond motifs is 1. The average Bonchev–Trinajstić information content (AvgIpc) is 3.36. The normalized spacial score (nSPS) is 17.3. The van der Waals surface area contributed by atoms with Crippen LogP contribution in [0.5, 0.6) is 0 Å². The minimum atomic E-state index is -5.08. The number of piperazine rings is 2. The molecule has 0 bridgehead atoms.